The van der Waals surface area contributed by atoms with Crippen molar-refractivity contribution in [1.29, 1.82) is 0 Å². The maximum Gasteiger partial charge on any atom is 0.257 e. The summed E-state index contributed by atoms with van der Waals surface area (Å²) in [5.41, 5.74) is 1.88. The molecule has 144 valence electrons. The first kappa shape index (κ1) is 19.3. The van der Waals surface area contributed by atoms with Crippen LogP contribution in [0.1, 0.15) is 15.9 Å². The smallest absolute Gasteiger partial charge is 0.257 e. The second kappa shape index (κ2) is 8.94. The summed E-state index contributed by atoms with van der Waals surface area (Å²) in [5, 5.41) is 5.61. The van der Waals surface area contributed by atoms with Crippen molar-refractivity contribution >= 4 is 17.3 Å². The summed E-state index contributed by atoms with van der Waals surface area (Å²) in [6, 6.07) is 12.3. The van der Waals surface area contributed by atoms with Gasteiger partial charge in [0.05, 0.1) is 24.0 Å². The molecule has 0 saturated heterocycles. The monoisotopic (exact) mass is 383 g/mol. The highest BCUT2D eigenvalue weighted by molar-refractivity contribution is 6.04. The van der Waals surface area contributed by atoms with Crippen molar-refractivity contribution < 1.29 is 18.3 Å². The third kappa shape index (κ3) is 4.82. The average molecular weight is 383 g/mol. The highest BCUT2D eigenvalue weighted by Gasteiger charge is 2.11. The third-order valence-electron chi connectivity index (χ3n) is 4.10. The van der Waals surface area contributed by atoms with Gasteiger partial charge in [-0.2, -0.15) is 0 Å². The Balaban J connectivity index is 1.62. The lowest BCUT2D eigenvalue weighted by Crippen LogP contribution is -2.14. The number of hydrogen-bond acceptors (Lipinski definition) is 4. The van der Waals surface area contributed by atoms with Crippen LogP contribution >= 0.6 is 0 Å². The molecule has 1 aromatic heterocycles. The molecular formula is C21H19F2N3O2. The minimum absolute atomic E-state index is 0.0964. The molecule has 1 amide bonds. The minimum atomic E-state index is -0.840. The van der Waals surface area contributed by atoms with Crippen LogP contribution in [0.2, 0.25) is 0 Å². The number of ether oxygens (including phenoxy) is 1. The first-order chi connectivity index (χ1) is 13.6. The SMILES string of the molecule is COc1ccccc1CCNc1cncc(C(=O)Nc2ccc(F)cc2F)c1. The van der Waals surface area contributed by atoms with E-state index in [4.69, 9.17) is 4.74 Å². The molecule has 0 radical (unpaired) electrons. The van der Waals surface area contributed by atoms with Gasteiger partial charge in [0, 0.05) is 25.0 Å². The number of benzene rings is 2. The molecule has 0 aliphatic carbocycles. The van der Waals surface area contributed by atoms with Gasteiger partial charge in [-0.25, -0.2) is 8.78 Å². The molecule has 0 aliphatic heterocycles. The first-order valence-corrected chi connectivity index (χ1v) is 8.64. The lowest BCUT2D eigenvalue weighted by atomic mass is 10.1. The highest BCUT2D eigenvalue weighted by Crippen LogP contribution is 2.19. The van der Waals surface area contributed by atoms with Crippen LogP contribution in [0.5, 0.6) is 5.75 Å². The maximum absolute atomic E-state index is 13.7. The van der Waals surface area contributed by atoms with Crippen molar-refractivity contribution in [2.45, 2.75) is 6.42 Å². The number of aromatic nitrogens is 1. The van der Waals surface area contributed by atoms with Crippen LogP contribution in [0.3, 0.4) is 0 Å². The zero-order valence-corrected chi connectivity index (χ0v) is 15.2. The van der Waals surface area contributed by atoms with Crippen LogP contribution in [0.25, 0.3) is 0 Å². The fourth-order valence-electron chi connectivity index (χ4n) is 2.70. The summed E-state index contributed by atoms with van der Waals surface area (Å²) in [4.78, 5) is 16.4. The van der Waals surface area contributed by atoms with Crippen molar-refractivity contribution in [1.82, 2.24) is 4.98 Å². The number of pyridine rings is 1. The fraction of sp³-hybridized carbons (Fsp3) is 0.143. The Morgan fingerprint density at radius 1 is 1.11 bits per heavy atom. The van der Waals surface area contributed by atoms with Crippen LogP contribution in [0.4, 0.5) is 20.2 Å². The van der Waals surface area contributed by atoms with Crippen LogP contribution in [0, 0.1) is 11.6 Å². The van der Waals surface area contributed by atoms with Crippen molar-refractivity contribution in [2.75, 3.05) is 24.3 Å². The van der Waals surface area contributed by atoms with Gasteiger partial charge in [0.15, 0.2) is 0 Å². The Morgan fingerprint density at radius 3 is 2.71 bits per heavy atom. The molecule has 3 aromatic rings. The van der Waals surface area contributed by atoms with Crippen molar-refractivity contribution in [2.24, 2.45) is 0 Å². The average Bonchev–Trinajstić information content (AvgIpc) is 2.70. The zero-order chi connectivity index (χ0) is 19.9. The van der Waals surface area contributed by atoms with Gasteiger partial charge in [0.1, 0.15) is 17.4 Å². The van der Waals surface area contributed by atoms with Crippen molar-refractivity contribution in [3.05, 3.63) is 83.7 Å². The summed E-state index contributed by atoms with van der Waals surface area (Å²) in [5.74, 6) is -1.27. The normalized spacial score (nSPS) is 10.4. The summed E-state index contributed by atoms with van der Waals surface area (Å²) in [6.45, 7) is 0.611. The molecule has 1 heterocycles. The minimum Gasteiger partial charge on any atom is -0.496 e. The van der Waals surface area contributed by atoms with Gasteiger partial charge in [-0.15, -0.1) is 0 Å². The third-order valence-corrected chi connectivity index (χ3v) is 4.10. The van der Waals surface area contributed by atoms with Crippen molar-refractivity contribution in [3.8, 4) is 5.75 Å². The molecule has 3 rings (SSSR count). The second-order valence-corrected chi connectivity index (χ2v) is 6.03. The van der Waals surface area contributed by atoms with Gasteiger partial charge in [-0.1, -0.05) is 18.2 Å². The van der Waals surface area contributed by atoms with Gasteiger partial charge in [-0.3, -0.25) is 9.78 Å². The molecule has 0 atom stereocenters. The molecule has 2 aromatic carbocycles. The molecule has 0 bridgehead atoms. The van der Waals surface area contributed by atoms with E-state index in [1.165, 1.54) is 12.3 Å². The quantitative estimate of drug-likeness (QED) is 0.639. The lowest BCUT2D eigenvalue weighted by molar-refractivity contribution is 0.102. The molecule has 0 spiro atoms. The van der Waals surface area contributed by atoms with Gasteiger partial charge >= 0.3 is 0 Å². The number of halogens is 2. The maximum atomic E-state index is 13.7. The topological polar surface area (TPSA) is 63.2 Å². The Labute approximate surface area is 161 Å². The zero-order valence-electron chi connectivity index (χ0n) is 15.2. The van der Waals surface area contributed by atoms with E-state index in [9.17, 15) is 13.6 Å². The van der Waals surface area contributed by atoms with E-state index in [1.54, 1.807) is 19.4 Å². The standard InChI is InChI=1S/C21H19F2N3O2/c1-28-20-5-3-2-4-14(20)8-9-25-17-10-15(12-24-13-17)21(27)26-19-7-6-16(22)11-18(19)23/h2-7,10-13,25H,8-9H2,1H3,(H,26,27). The largest absolute Gasteiger partial charge is 0.496 e. The van der Waals surface area contributed by atoms with Crippen molar-refractivity contribution in [3.63, 3.8) is 0 Å². The van der Waals surface area contributed by atoms with E-state index in [1.807, 2.05) is 24.3 Å². The Bertz CT molecular complexity index is 979. The van der Waals surface area contributed by atoms with Crippen LogP contribution < -0.4 is 15.4 Å². The summed E-state index contributed by atoms with van der Waals surface area (Å²) < 4.78 is 32.0. The van der Waals surface area contributed by atoms with E-state index in [0.717, 1.165) is 23.8 Å². The van der Waals surface area contributed by atoms with Gasteiger partial charge in [-0.05, 0) is 36.2 Å². The van der Waals surface area contributed by atoms with Gasteiger partial charge in [0.2, 0.25) is 0 Å². The molecular weight excluding hydrogens is 364 g/mol. The van der Waals surface area contributed by atoms with E-state index < -0.39 is 17.5 Å². The van der Waals surface area contributed by atoms with Gasteiger partial charge < -0.3 is 15.4 Å². The van der Waals surface area contributed by atoms with Crippen LogP contribution in [-0.2, 0) is 6.42 Å². The van der Waals surface area contributed by atoms with E-state index in [0.29, 0.717) is 18.3 Å². The summed E-state index contributed by atoms with van der Waals surface area (Å²) >= 11 is 0. The number of para-hydroxylation sites is 1. The van der Waals surface area contributed by atoms with Crippen LogP contribution in [-0.4, -0.2) is 24.5 Å². The van der Waals surface area contributed by atoms with Crippen LogP contribution in [0.15, 0.2) is 60.9 Å². The molecule has 7 heteroatoms. The van der Waals surface area contributed by atoms with E-state index in [2.05, 4.69) is 15.6 Å². The van der Waals surface area contributed by atoms with Gasteiger partial charge in [0.25, 0.3) is 5.91 Å². The molecule has 2 N–H and O–H groups in total. The molecule has 5 nitrogen and oxygen atoms in total. The number of amides is 1. The Morgan fingerprint density at radius 2 is 1.93 bits per heavy atom. The predicted octanol–water partition coefficient (Wildman–Crippen LogP) is 4.28. The van der Waals surface area contributed by atoms with E-state index >= 15 is 0 Å². The molecule has 0 saturated carbocycles. The number of hydrogen-bond donors (Lipinski definition) is 2. The number of methoxy groups -OCH3 is 1. The number of carbonyl (C=O) groups is 1. The Kier molecular flexibility index (Phi) is 6.16. The molecule has 0 fully saturated rings. The molecule has 0 aliphatic rings. The lowest BCUT2D eigenvalue weighted by Gasteiger charge is -2.11. The number of anilines is 2. The second-order valence-electron chi connectivity index (χ2n) is 6.03. The fourth-order valence-corrected chi connectivity index (χ4v) is 2.70. The van der Waals surface area contributed by atoms with E-state index in [-0.39, 0.29) is 11.3 Å². The number of nitrogens with zero attached hydrogens (tertiary/aromatic N) is 1. The predicted molar refractivity (Wildman–Crippen MR) is 104 cm³/mol. The summed E-state index contributed by atoms with van der Waals surface area (Å²) in [6.07, 6.45) is 3.70. The Hall–Kier alpha value is -3.48. The number of carbonyl (C=O) groups excluding carboxylic acids is 1. The summed E-state index contributed by atoms with van der Waals surface area (Å²) in [7, 11) is 1.63. The molecule has 28 heavy (non-hydrogen) atoms. The highest BCUT2D eigenvalue weighted by atomic mass is 19.1. The first-order valence-electron chi connectivity index (χ1n) is 8.64. The number of rotatable bonds is 7. The molecule has 0 unspecified atom stereocenters. The number of nitrogens with one attached hydrogen (secondary N) is 2.